The van der Waals surface area contributed by atoms with Crippen LogP contribution >= 0.6 is 23.1 Å². The minimum Gasteiger partial charge on any atom is -0.391 e. The molecule has 1 heterocycles. The molecule has 0 fully saturated rings. The molecule has 2 nitrogen and oxygen atoms in total. The van der Waals surface area contributed by atoms with Gasteiger partial charge in [-0.05, 0) is 23.9 Å². The summed E-state index contributed by atoms with van der Waals surface area (Å²) < 4.78 is 0. The molecular weight excluding hydrogens is 156 g/mol. The Bertz CT molecular complexity index is 187. The van der Waals surface area contributed by atoms with Crippen molar-refractivity contribution in [1.29, 1.82) is 0 Å². The molecule has 1 aromatic rings. The topological polar surface area (TPSA) is 38.0 Å². The van der Waals surface area contributed by atoms with Crippen LogP contribution in [0, 0.1) is 0 Å². The minimum atomic E-state index is 0.684. The molecule has 0 bridgehead atoms. The lowest BCUT2D eigenvalue weighted by Crippen LogP contribution is -1.94. The molecule has 3 N–H and O–H groups in total. The third-order valence-corrected chi connectivity index (χ3v) is 1.97. The zero-order valence-corrected chi connectivity index (χ0v) is 6.30. The quantitative estimate of drug-likeness (QED) is 0.648. The van der Waals surface area contributed by atoms with Gasteiger partial charge in [-0.25, -0.2) is 4.84 Å². The number of anilines is 1. The largest absolute Gasteiger partial charge is 0.391 e. The average molecular weight is 163 g/mol. The second kappa shape index (κ2) is 3.06. The molecule has 0 aliphatic heterocycles. The second-order valence-corrected chi connectivity index (χ2v) is 3.08. The van der Waals surface area contributed by atoms with Crippen molar-refractivity contribution in [2.24, 2.45) is 0 Å². The lowest BCUT2D eigenvalue weighted by Gasteiger charge is -1.87. The summed E-state index contributed by atoms with van der Waals surface area (Å²) in [7, 11) is 0. The number of rotatable bonds is 2. The summed E-state index contributed by atoms with van der Waals surface area (Å²) in [6.45, 7) is 0.684. The Morgan fingerprint density at radius 1 is 1.67 bits per heavy atom. The van der Waals surface area contributed by atoms with Crippen LogP contribution in [0.5, 0.6) is 0 Å². The molecule has 0 saturated carbocycles. The Hall–Kier alpha value is -0.250. The SMILES string of the molecule is Nc1ccc(CNCl)s1. The van der Waals surface area contributed by atoms with Crippen LogP contribution in [-0.2, 0) is 6.54 Å². The van der Waals surface area contributed by atoms with E-state index in [0.29, 0.717) is 6.54 Å². The number of nitrogen functional groups attached to an aromatic ring is 1. The zero-order valence-electron chi connectivity index (χ0n) is 4.73. The summed E-state index contributed by atoms with van der Waals surface area (Å²) in [4.78, 5) is 3.68. The normalized spacial score (nSPS) is 9.89. The van der Waals surface area contributed by atoms with Crippen molar-refractivity contribution >= 4 is 28.1 Å². The Kier molecular flexibility index (Phi) is 2.33. The fourth-order valence-corrected chi connectivity index (χ4v) is 1.50. The summed E-state index contributed by atoms with van der Waals surface area (Å²) in [5, 5.41) is 0.830. The number of nitrogens with one attached hydrogen (secondary N) is 1. The molecule has 4 heteroatoms. The molecule has 0 spiro atoms. The van der Waals surface area contributed by atoms with E-state index in [0.717, 1.165) is 9.88 Å². The van der Waals surface area contributed by atoms with Gasteiger partial charge in [0.05, 0.1) is 5.00 Å². The highest BCUT2D eigenvalue weighted by Crippen LogP contribution is 2.17. The smallest absolute Gasteiger partial charge is 0.0859 e. The first-order chi connectivity index (χ1) is 4.33. The second-order valence-electron chi connectivity index (χ2n) is 1.61. The molecule has 1 rings (SSSR count). The first kappa shape index (κ1) is 6.86. The van der Waals surface area contributed by atoms with Crippen molar-refractivity contribution in [2.45, 2.75) is 6.54 Å². The van der Waals surface area contributed by atoms with Crippen LogP contribution in [0.25, 0.3) is 0 Å². The van der Waals surface area contributed by atoms with E-state index in [1.54, 1.807) is 11.3 Å². The number of halogens is 1. The van der Waals surface area contributed by atoms with Crippen molar-refractivity contribution in [3.8, 4) is 0 Å². The van der Waals surface area contributed by atoms with Crippen LogP contribution in [0.2, 0.25) is 0 Å². The predicted octanol–water partition coefficient (Wildman–Crippen LogP) is 1.57. The highest BCUT2D eigenvalue weighted by Gasteiger charge is 1.93. The number of nitrogens with two attached hydrogens (primary N) is 1. The summed E-state index contributed by atoms with van der Waals surface area (Å²) in [6, 6.07) is 3.82. The fourth-order valence-electron chi connectivity index (χ4n) is 0.555. The van der Waals surface area contributed by atoms with Gasteiger partial charge >= 0.3 is 0 Å². The molecule has 0 saturated heterocycles. The predicted molar refractivity (Wildman–Crippen MR) is 41.4 cm³/mol. The average Bonchev–Trinajstić information content (AvgIpc) is 2.17. The van der Waals surface area contributed by atoms with E-state index in [4.69, 9.17) is 17.5 Å². The van der Waals surface area contributed by atoms with Gasteiger partial charge in [-0.15, -0.1) is 11.3 Å². The van der Waals surface area contributed by atoms with Gasteiger partial charge in [-0.2, -0.15) is 0 Å². The molecule has 9 heavy (non-hydrogen) atoms. The van der Waals surface area contributed by atoms with Gasteiger partial charge in [0, 0.05) is 11.4 Å². The van der Waals surface area contributed by atoms with Gasteiger partial charge in [-0.1, -0.05) is 0 Å². The van der Waals surface area contributed by atoms with Crippen LogP contribution in [0.1, 0.15) is 4.88 Å². The van der Waals surface area contributed by atoms with Gasteiger partial charge in [0.2, 0.25) is 0 Å². The standard InChI is InChI=1S/C5H7ClN2S/c6-8-3-4-1-2-5(7)9-4/h1-2,8H,3,7H2. The highest BCUT2D eigenvalue weighted by atomic mass is 35.5. The third-order valence-electron chi connectivity index (χ3n) is 0.923. The monoisotopic (exact) mass is 162 g/mol. The first-order valence-electron chi connectivity index (χ1n) is 2.50. The summed E-state index contributed by atoms with van der Waals surface area (Å²) in [5.74, 6) is 0. The van der Waals surface area contributed by atoms with Crippen molar-refractivity contribution in [2.75, 3.05) is 5.73 Å². The molecule has 0 aromatic carbocycles. The molecule has 0 aliphatic carbocycles. The van der Waals surface area contributed by atoms with Gasteiger partial charge in [-0.3, -0.25) is 0 Å². The first-order valence-corrected chi connectivity index (χ1v) is 3.70. The van der Waals surface area contributed by atoms with Crippen molar-refractivity contribution < 1.29 is 0 Å². The van der Waals surface area contributed by atoms with E-state index in [1.807, 2.05) is 12.1 Å². The third kappa shape index (κ3) is 1.86. The van der Waals surface area contributed by atoms with E-state index in [2.05, 4.69) is 4.84 Å². The Morgan fingerprint density at radius 2 is 2.44 bits per heavy atom. The molecule has 0 radical (unpaired) electrons. The molecule has 0 amide bonds. The maximum Gasteiger partial charge on any atom is 0.0859 e. The number of hydrogen-bond acceptors (Lipinski definition) is 3. The highest BCUT2D eigenvalue weighted by molar-refractivity contribution is 7.15. The van der Waals surface area contributed by atoms with Crippen LogP contribution in [-0.4, -0.2) is 0 Å². The van der Waals surface area contributed by atoms with E-state index >= 15 is 0 Å². The van der Waals surface area contributed by atoms with Crippen LogP contribution in [0.3, 0.4) is 0 Å². The molecule has 1 aromatic heterocycles. The summed E-state index contributed by atoms with van der Waals surface area (Å²) >= 11 is 6.80. The Morgan fingerprint density at radius 3 is 2.89 bits per heavy atom. The van der Waals surface area contributed by atoms with Gasteiger partial charge < -0.3 is 5.73 Å². The van der Waals surface area contributed by atoms with Gasteiger partial charge in [0.25, 0.3) is 0 Å². The maximum absolute atomic E-state index is 5.46. The van der Waals surface area contributed by atoms with Crippen LogP contribution in [0.15, 0.2) is 12.1 Å². The lowest BCUT2D eigenvalue weighted by molar-refractivity contribution is 0.988. The zero-order chi connectivity index (χ0) is 6.69. The molecule has 0 atom stereocenters. The molecule has 0 unspecified atom stereocenters. The van der Waals surface area contributed by atoms with E-state index in [9.17, 15) is 0 Å². The van der Waals surface area contributed by atoms with E-state index in [1.165, 1.54) is 0 Å². The van der Waals surface area contributed by atoms with Crippen LogP contribution in [0.4, 0.5) is 5.00 Å². The van der Waals surface area contributed by atoms with Crippen molar-refractivity contribution in [1.82, 2.24) is 4.84 Å². The van der Waals surface area contributed by atoms with Gasteiger partial charge in [0.1, 0.15) is 0 Å². The van der Waals surface area contributed by atoms with Crippen molar-refractivity contribution in [3.05, 3.63) is 17.0 Å². The molecule has 0 aliphatic rings. The Labute approximate surface area is 62.7 Å². The minimum absolute atomic E-state index is 0.684. The van der Waals surface area contributed by atoms with E-state index in [-0.39, 0.29) is 0 Å². The number of thiophene rings is 1. The van der Waals surface area contributed by atoms with Gasteiger partial charge in [0.15, 0.2) is 0 Å². The van der Waals surface area contributed by atoms with Crippen LogP contribution < -0.4 is 10.6 Å². The lowest BCUT2D eigenvalue weighted by atomic mass is 10.5. The fraction of sp³-hybridized carbons (Fsp3) is 0.200. The molecule has 50 valence electrons. The number of hydrogen-bond donors (Lipinski definition) is 2. The maximum atomic E-state index is 5.46. The Balaban J connectivity index is 2.61. The molecular formula is C5H7ClN2S. The summed E-state index contributed by atoms with van der Waals surface area (Å²) in [6.07, 6.45) is 0. The van der Waals surface area contributed by atoms with Crippen molar-refractivity contribution in [3.63, 3.8) is 0 Å². The van der Waals surface area contributed by atoms with E-state index < -0.39 is 0 Å². The summed E-state index contributed by atoms with van der Waals surface area (Å²) in [5.41, 5.74) is 5.46.